The molecule has 4 amide bonds. The molecule has 13 heteroatoms. The van der Waals surface area contributed by atoms with Crippen molar-refractivity contribution in [2.75, 3.05) is 31.6 Å². The minimum Gasteiger partial charge on any atom is -0.478 e. The Kier molecular flexibility index (Phi) is 8.25. The molecule has 0 unspecified atom stereocenters. The number of likely N-dealkylation sites (tertiary alicyclic amines) is 1. The summed E-state index contributed by atoms with van der Waals surface area (Å²) in [5.41, 5.74) is -1.50. The highest BCUT2D eigenvalue weighted by Crippen LogP contribution is 2.40. The molecule has 42 heavy (non-hydrogen) atoms. The van der Waals surface area contributed by atoms with Crippen LogP contribution in [0.4, 0.5) is 28.0 Å². The second-order valence-electron chi connectivity index (χ2n) is 11.2. The second kappa shape index (κ2) is 11.3. The lowest BCUT2D eigenvalue weighted by atomic mass is 9.85. The normalized spacial score (nSPS) is 17.6. The molecule has 0 aliphatic carbocycles. The van der Waals surface area contributed by atoms with Gasteiger partial charge in [-0.1, -0.05) is 13.8 Å². The fraction of sp³-hybridized carbons (Fsp3) is 0.448. The van der Waals surface area contributed by atoms with Crippen molar-refractivity contribution in [1.29, 1.82) is 0 Å². The molecule has 2 saturated heterocycles. The monoisotopic (exact) mass is 592 g/mol. The zero-order chi connectivity index (χ0) is 31.1. The summed E-state index contributed by atoms with van der Waals surface area (Å²) in [5.74, 6) is -4.28. The Labute approximate surface area is 240 Å². The zero-order valence-electron chi connectivity index (χ0n) is 23.6. The van der Waals surface area contributed by atoms with Crippen molar-refractivity contribution in [3.05, 3.63) is 64.5 Å². The maximum Gasteiger partial charge on any atom is 0.416 e. The van der Waals surface area contributed by atoms with E-state index in [1.807, 2.05) is 0 Å². The fourth-order valence-electron chi connectivity index (χ4n) is 5.69. The molecule has 0 saturated carbocycles. The van der Waals surface area contributed by atoms with Crippen LogP contribution in [0.15, 0.2) is 36.4 Å². The third kappa shape index (κ3) is 5.77. The number of hydrogen-bond donors (Lipinski definition) is 2. The number of amides is 4. The van der Waals surface area contributed by atoms with Gasteiger partial charge < -0.3 is 20.2 Å². The van der Waals surface area contributed by atoms with Gasteiger partial charge in [0.15, 0.2) is 0 Å². The molecule has 2 aromatic rings. The van der Waals surface area contributed by atoms with Crippen LogP contribution in [0.2, 0.25) is 0 Å². The summed E-state index contributed by atoms with van der Waals surface area (Å²) in [4.78, 5) is 55.8. The highest BCUT2D eigenvalue weighted by molar-refractivity contribution is 5.99. The minimum absolute atomic E-state index is 0.125. The first-order valence-electron chi connectivity index (χ1n) is 13.4. The van der Waals surface area contributed by atoms with Gasteiger partial charge in [0.25, 0.3) is 5.91 Å². The highest BCUT2D eigenvalue weighted by Gasteiger charge is 2.51. The number of benzene rings is 2. The van der Waals surface area contributed by atoms with Gasteiger partial charge in [-0.15, -0.1) is 0 Å². The third-order valence-corrected chi connectivity index (χ3v) is 7.99. The zero-order valence-corrected chi connectivity index (χ0v) is 23.6. The van der Waals surface area contributed by atoms with Gasteiger partial charge in [-0.2, -0.15) is 13.2 Å². The van der Waals surface area contributed by atoms with E-state index in [1.165, 1.54) is 11.0 Å². The van der Waals surface area contributed by atoms with Gasteiger partial charge in [0.2, 0.25) is 5.91 Å². The molecule has 1 spiro atoms. The Balaban J connectivity index is 1.52. The van der Waals surface area contributed by atoms with Gasteiger partial charge in [-0.25, -0.2) is 14.0 Å². The van der Waals surface area contributed by atoms with Crippen LogP contribution in [-0.4, -0.2) is 77.0 Å². The lowest BCUT2D eigenvalue weighted by Crippen LogP contribution is -2.59. The molecule has 0 aromatic heterocycles. The van der Waals surface area contributed by atoms with Gasteiger partial charge in [0, 0.05) is 32.4 Å². The quantitative estimate of drug-likeness (QED) is 0.479. The third-order valence-electron chi connectivity index (χ3n) is 7.99. The second-order valence-corrected chi connectivity index (χ2v) is 11.2. The number of carboxylic acid groups (broad SMARTS) is 1. The summed E-state index contributed by atoms with van der Waals surface area (Å²) >= 11 is 0. The van der Waals surface area contributed by atoms with Crippen LogP contribution in [-0.2, 0) is 11.0 Å². The molecule has 2 aromatic carbocycles. The number of urea groups is 1. The van der Waals surface area contributed by atoms with E-state index in [4.69, 9.17) is 0 Å². The van der Waals surface area contributed by atoms with Crippen LogP contribution >= 0.6 is 0 Å². The molecule has 2 aliphatic heterocycles. The highest BCUT2D eigenvalue weighted by atomic mass is 19.4. The van der Waals surface area contributed by atoms with Gasteiger partial charge in [-0.05, 0) is 67.6 Å². The number of nitrogens with zero attached hydrogens (tertiary/aromatic N) is 3. The van der Waals surface area contributed by atoms with Crippen molar-refractivity contribution >= 4 is 29.5 Å². The number of carbonyl (C=O) groups is 4. The number of nitrogens with one attached hydrogen (secondary N) is 1. The minimum atomic E-state index is -4.78. The van der Waals surface area contributed by atoms with Gasteiger partial charge in [0.1, 0.15) is 11.9 Å². The van der Waals surface area contributed by atoms with E-state index in [9.17, 15) is 41.8 Å². The van der Waals surface area contributed by atoms with Crippen LogP contribution in [0.3, 0.4) is 0 Å². The summed E-state index contributed by atoms with van der Waals surface area (Å²) < 4.78 is 53.7. The first-order valence-corrected chi connectivity index (χ1v) is 13.4. The van der Waals surface area contributed by atoms with E-state index in [-0.39, 0.29) is 24.7 Å². The lowest BCUT2D eigenvalue weighted by Gasteiger charge is -2.44. The summed E-state index contributed by atoms with van der Waals surface area (Å²) in [6, 6.07) is 4.83. The standard InChI is InChI=1S/C29H32F4N4O5/c1-16(2)23(34-24(38)21-14-18(29(31,32)33)5-8-22(21)30)25(39)36-11-9-28(10-12-36)15-35(4)27(42)37(28)19-6-7-20(26(40)41)17(3)13-19/h5-8,13-14,16,23H,9-12,15H2,1-4H3,(H,34,38)(H,40,41)/t23-/m1/s1. The number of piperidine rings is 1. The van der Waals surface area contributed by atoms with Crippen molar-refractivity contribution < 1.29 is 41.8 Å². The summed E-state index contributed by atoms with van der Waals surface area (Å²) in [6.45, 7) is 5.79. The van der Waals surface area contributed by atoms with Crippen LogP contribution < -0.4 is 10.2 Å². The van der Waals surface area contributed by atoms with E-state index in [1.54, 1.807) is 49.8 Å². The molecule has 2 fully saturated rings. The molecule has 1 atom stereocenters. The van der Waals surface area contributed by atoms with Crippen LogP contribution in [0, 0.1) is 18.7 Å². The molecule has 2 heterocycles. The van der Waals surface area contributed by atoms with E-state index >= 15 is 0 Å². The molecule has 4 rings (SSSR count). The topological polar surface area (TPSA) is 110 Å². The molecular weight excluding hydrogens is 560 g/mol. The van der Waals surface area contributed by atoms with Crippen molar-refractivity contribution in [1.82, 2.24) is 15.1 Å². The Bertz CT molecular complexity index is 1420. The summed E-state index contributed by atoms with van der Waals surface area (Å²) in [7, 11) is 1.66. The van der Waals surface area contributed by atoms with Crippen molar-refractivity contribution in [3.63, 3.8) is 0 Å². The number of carbonyl (C=O) groups excluding carboxylic acids is 3. The first kappa shape index (κ1) is 30.8. The Morgan fingerprint density at radius 1 is 1.02 bits per heavy atom. The Morgan fingerprint density at radius 3 is 2.21 bits per heavy atom. The largest absolute Gasteiger partial charge is 0.478 e. The molecule has 2 aliphatic rings. The summed E-state index contributed by atoms with van der Waals surface area (Å²) in [6.07, 6.45) is -4.01. The van der Waals surface area contributed by atoms with Crippen molar-refractivity contribution in [2.24, 2.45) is 5.92 Å². The molecule has 9 nitrogen and oxygen atoms in total. The van der Waals surface area contributed by atoms with E-state index in [0.29, 0.717) is 48.8 Å². The number of anilines is 1. The number of halogens is 4. The fourth-order valence-corrected chi connectivity index (χ4v) is 5.69. The van der Waals surface area contributed by atoms with E-state index < -0.39 is 58.4 Å². The predicted molar refractivity (Wildman–Crippen MR) is 145 cm³/mol. The molecular formula is C29H32F4N4O5. The number of aryl methyl sites for hydroxylation is 1. The van der Waals surface area contributed by atoms with Crippen LogP contribution in [0.1, 0.15) is 58.5 Å². The molecule has 0 bridgehead atoms. The van der Waals surface area contributed by atoms with E-state index in [2.05, 4.69) is 5.32 Å². The lowest BCUT2D eigenvalue weighted by molar-refractivity contribution is -0.138. The number of likely N-dealkylation sites (N-methyl/N-ethyl adjacent to an activating group) is 1. The SMILES string of the molecule is Cc1cc(N2C(=O)N(C)CC23CCN(C(=O)[C@H](NC(=O)c2cc(C(F)(F)F)ccc2F)C(C)C)CC3)ccc1C(=O)O. The molecule has 226 valence electrons. The smallest absolute Gasteiger partial charge is 0.416 e. The molecule has 2 N–H and O–H groups in total. The summed E-state index contributed by atoms with van der Waals surface area (Å²) in [5, 5.41) is 11.8. The van der Waals surface area contributed by atoms with Gasteiger partial charge >= 0.3 is 18.2 Å². The number of aromatic carboxylic acids is 1. The van der Waals surface area contributed by atoms with Crippen molar-refractivity contribution in [2.45, 2.75) is 51.4 Å². The number of rotatable bonds is 6. The van der Waals surface area contributed by atoms with E-state index in [0.717, 1.165) is 0 Å². The average Bonchev–Trinajstić information content (AvgIpc) is 3.14. The Morgan fingerprint density at radius 2 is 1.67 bits per heavy atom. The van der Waals surface area contributed by atoms with Gasteiger partial charge in [-0.3, -0.25) is 14.5 Å². The number of hydrogen-bond acceptors (Lipinski definition) is 4. The van der Waals surface area contributed by atoms with Gasteiger partial charge in [0.05, 0.1) is 22.2 Å². The maximum absolute atomic E-state index is 14.3. The maximum atomic E-state index is 14.3. The average molecular weight is 593 g/mol. The predicted octanol–water partition coefficient (Wildman–Crippen LogP) is 4.54. The first-order chi connectivity index (χ1) is 19.6. The van der Waals surface area contributed by atoms with Crippen LogP contribution in [0.25, 0.3) is 0 Å². The molecule has 0 radical (unpaired) electrons. The number of carboxylic acids is 1. The number of alkyl halides is 3. The van der Waals surface area contributed by atoms with Crippen LogP contribution in [0.5, 0.6) is 0 Å². The van der Waals surface area contributed by atoms with Crippen molar-refractivity contribution in [3.8, 4) is 0 Å². The Hall–Kier alpha value is -4.16.